The summed E-state index contributed by atoms with van der Waals surface area (Å²) in [5.41, 5.74) is 3.39. The third-order valence-corrected chi connectivity index (χ3v) is 2.97. The Bertz CT molecular complexity index is 470. The van der Waals surface area contributed by atoms with E-state index < -0.39 is 0 Å². The molecule has 1 aliphatic heterocycles. The minimum absolute atomic E-state index is 0.119. The van der Waals surface area contributed by atoms with Gasteiger partial charge in [0.25, 0.3) is 5.91 Å². The number of carbonyl (C=O) groups is 1. The molecule has 2 rings (SSSR count). The first-order valence-electron chi connectivity index (χ1n) is 6.54. The fraction of sp³-hybridized carbons (Fsp3) is 0.429. The fourth-order valence-electron chi connectivity index (χ4n) is 1.90. The number of ether oxygens (including phenoxy) is 2. The van der Waals surface area contributed by atoms with Crippen LogP contribution in [0.15, 0.2) is 29.4 Å². The van der Waals surface area contributed by atoms with E-state index in [2.05, 4.69) is 10.5 Å². The van der Waals surface area contributed by atoms with Gasteiger partial charge in [-0.15, -0.1) is 0 Å². The van der Waals surface area contributed by atoms with Crippen molar-refractivity contribution < 1.29 is 14.3 Å². The molecule has 0 unspecified atom stereocenters. The lowest BCUT2D eigenvalue weighted by Crippen LogP contribution is -2.42. The molecule has 0 saturated carbocycles. The quantitative estimate of drug-likeness (QED) is 0.628. The van der Waals surface area contributed by atoms with Gasteiger partial charge in [0.2, 0.25) is 0 Å². The van der Waals surface area contributed by atoms with Crippen molar-refractivity contribution in [3.63, 3.8) is 0 Å². The summed E-state index contributed by atoms with van der Waals surface area (Å²) in [5, 5.41) is 3.94. The van der Waals surface area contributed by atoms with Gasteiger partial charge in [-0.1, -0.05) is 12.1 Å². The van der Waals surface area contributed by atoms with Crippen molar-refractivity contribution in [2.45, 2.75) is 0 Å². The number of morpholine rings is 1. The number of amides is 1. The molecule has 1 N–H and O–H groups in total. The van der Waals surface area contributed by atoms with Crippen LogP contribution in [0.25, 0.3) is 0 Å². The van der Waals surface area contributed by atoms with Gasteiger partial charge < -0.3 is 9.47 Å². The second-order valence-electron chi connectivity index (χ2n) is 4.46. The van der Waals surface area contributed by atoms with Gasteiger partial charge in [0.15, 0.2) is 0 Å². The van der Waals surface area contributed by atoms with Crippen LogP contribution < -0.4 is 10.2 Å². The minimum Gasteiger partial charge on any atom is -0.497 e. The van der Waals surface area contributed by atoms with E-state index in [0.717, 1.165) is 24.4 Å². The highest BCUT2D eigenvalue weighted by Crippen LogP contribution is 2.10. The Labute approximate surface area is 118 Å². The van der Waals surface area contributed by atoms with Crippen LogP contribution >= 0.6 is 0 Å². The van der Waals surface area contributed by atoms with Crippen LogP contribution in [0.1, 0.15) is 5.56 Å². The Morgan fingerprint density at radius 1 is 1.50 bits per heavy atom. The van der Waals surface area contributed by atoms with Crippen molar-refractivity contribution in [2.24, 2.45) is 5.10 Å². The summed E-state index contributed by atoms with van der Waals surface area (Å²) >= 11 is 0. The molecule has 0 aromatic heterocycles. The lowest BCUT2D eigenvalue weighted by Gasteiger charge is -2.25. The average Bonchev–Trinajstić information content (AvgIpc) is 2.48. The van der Waals surface area contributed by atoms with E-state index in [-0.39, 0.29) is 5.91 Å². The lowest BCUT2D eigenvalue weighted by molar-refractivity contribution is -0.123. The van der Waals surface area contributed by atoms with E-state index in [1.165, 1.54) is 0 Å². The zero-order valence-corrected chi connectivity index (χ0v) is 11.5. The topological polar surface area (TPSA) is 63.2 Å². The van der Waals surface area contributed by atoms with Crippen LogP contribution in [0.2, 0.25) is 0 Å². The van der Waals surface area contributed by atoms with Crippen molar-refractivity contribution in [3.8, 4) is 5.75 Å². The maximum absolute atomic E-state index is 11.7. The molecule has 1 heterocycles. The van der Waals surface area contributed by atoms with Gasteiger partial charge in [-0.3, -0.25) is 9.69 Å². The number of benzene rings is 1. The minimum atomic E-state index is -0.119. The third kappa shape index (κ3) is 4.64. The largest absolute Gasteiger partial charge is 0.497 e. The van der Waals surface area contributed by atoms with Crippen LogP contribution in [0.3, 0.4) is 0 Å². The molecule has 1 saturated heterocycles. The third-order valence-electron chi connectivity index (χ3n) is 2.97. The summed E-state index contributed by atoms with van der Waals surface area (Å²) < 4.78 is 10.3. The van der Waals surface area contributed by atoms with Gasteiger partial charge >= 0.3 is 0 Å². The molecule has 6 nitrogen and oxygen atoms in total. The van der Waals surface area contributed by atoms with Crippen molar-refractivity contribution in [3.05, 3.63) is 29.8 Å². The van der Waals surface area contributed by atoms with E-state index in [0.29, 0.717) is 19.8 Å². The first-order chi connectivity index (χ1) is 9.78. The highest BCUT2D eigenvalue weighted by Gasteiger charge is 2.13. The van der Waals surface area contributed by atoms with Crippen LogP contribution in [-0.4, -0.2) is 57.0 Å². The molecule has 0 spiro atoms. The van der Waals surface area contributed by atoms with Crippen LogP contribution in [0.5, 0.6) is 5.75 Å². The summed E-state index contributed by atoms with van der Waals surface area (Å²) in [6.07, 6.45) is 1.60. The lowest BCUT2D eigenvalue weighted by atomic mass is 10.2. The molecule has 1 aromatic rings. The van der Waals surface area contributed by atoms with Crippen LogP contribution in [-0.2, 0) is 9.53 Å². The van der Waals surface area contributed by atoms with Gasteiger partial charge in [-0.05, 0) is 17.7 Å². The second kappa shape index (κ2) is 7.62. The summed E-state index contributed by atoms with van der Waals surface area (Å²) in [6.45, 7) is 3.28. The molecule has 0 aliphatic carbocycles. The first-order valence-corrected chi connectivity index (χ1v) is 6.54. The van der Waals surface area contributed by atoms with E-state index in [1.54, 1.807) is 13.3 Å². The number of rotatable bonds is 5. The Kier molecular flexibility index (Phi) is 5.52. The number of nitrogens with one attached hydrogen (secondary N) is 1. The highest BCUT2D eigenvalue weighted by atomic mass is 16.5. The SMILES string of the molecule is COc1cccc(/C=N\NC(=O)CN2CCOCC2)c1. The second-order valence-corrected chi connectivity index (χ2v) is 4.46. The predicted molar refractivity (Wildman–Crippen MR) is 76.0 cm³/mol. The van der Waals surface area contributed by atoms with Gasteiger partial charge in [0.1, 0.15) is 5.75 Å². The molecule has 0 radical (unpaired) electrons. The zero-order chi connectivity index (χ0) is 14.2. The average molecular weight is 277 g/mol. The molecule has 1 amide bonds. The highest BCUT2D eigenvalue weighted by molar-refractivity contribution is 5.83. The Morgan fingerprint density at radius 2 is 2.30 bits per heavy atom. The smallest absolute Gasteiger partial charge is 0.254 e. The standard InChI is InChI=1S/C14H19N3O3/c1-19-13-4-2-3-12(9-13)10-15-16-14(18)11-17-5-7-20-8-6-17/h2-4,9-10H,5-8,11H2,1H3,(H,16,18)/b15-10-. The van der Waals surface area contributed by atoms with Crippen molar-refractivity contribution in [1.29, 1.82) is 0 Å². The Hall–Kier alpha value is -1.92. The normalized spacial score (nSPS) is 16.2. The maximum atomic E-state index is 11.7. The molecule has 1 aliphatic rings. The molecule has 1 fully saturated rings. The first kappa shape index (κ1) is 14.5. The fourth-order valence-corrected chi connectivity index (χ4v) is 1.90. The number of carbonyl (C=O) groups excluding carboxylic acids is 1. The Morgan fingerprint density at radius 3 is 3.05 bits per heavy atom. The number of nitrogens with zero attached hydrogens (tertiary/aromatic N) is 2. The van der Waals surface area contributed by atoms with Crippen molar-refractivity contribution >= 4 is 12.1 Å². The molecular formula is C14H19N3O3. The molecule has 0 bridgehead atoms. The summed E-state index contributed by atoms with van der Waals surface area (Å²) in [5.74, 6) is 0.639. The molecule has 108 valence electrons. The number of hydrogen-bond acceptors (Lipinski definition) is 5. The monoisotopic (exact) mass is 277 g/mol. The number of hydrazone groups is 1. The van der Waals surface area contributed by atoms with Crippen molar-refractivity contribution in [1.82, 2.24) is 10.3 Å². The van der Waals surface area contributed by atoms with Gasteiger partial charge in [0, 0.05) is 13.1 Å². The zero-order valence-electron chi connectivity index (χ0n) is 11.5. The summed E-state index contributed by atoms with van der Waals surface area (Å²) in [6, 6.07) is 7.46. The summed E-state index contributed by atoms with van der Waals surface area (Å²) in [4.78, 5) is 13.7. The van der Waals surface area contributed by atoms with Gasteiger partial charge in [-0.25, -0.2) is 5.43 Å². The van der Waals surface area contributed by atoms with E-state index >= 15 is 0 Å². The molecular weight excluding hydrogens is 258 g/mol. The maximum Gasteiger partial charge on any atom is 0.254 e. The molecule has 6 heteroatoms. The summed E-state index contributed by atoms with van der Waals surface area (Å²) in [7, 11) is 1.61. The van der Waals surface area contributed by atoms with Crippen LogP contribution in [0.4, 0.5) is 0 Å². The number of methoxy groups -OCH3 is 1. The molecule has 0 atom stereocenters. The Balaban J connectivity index is 1.78. The van der Waals surface area contributed by atoms with Gasteiger partial charge in [0.05, 0.1) is 33.1 Å². The van der Waals surface area contributed by atoms with Gasteiger partial charge in [-0.2, -0.15) is 5.10 Å². The van der Waals surface area contributed by atoms with E-state index in [1.807, 2.05) is 29.2 Å². The van der Waals surface area contributed by atoms with E-state index in [9.17, 15) is 4.79 Å². The van der Waals surface area contributed by atoms with Crippen molar-refractivity contribution in [2.75, 3.05) is 40.0 Å². The van der Waals surface area contributed by atoms with Crippen LogP contribution in [0, 0.1) is 0 Å². The molecule has 20 heavy (non-hydrogen) atoms. The predicted octanol–water partition coefficient (Wildman–Crippen LogP) is 0.477. The van der Waals surface area contributed by atoms with E-state index in [4.69, 9.17) is 9.47 Å². The number of hydrogen-bond donors (Lipinski definition) is 1. The molecule has 1 aromatic carbocycles.